The number of hydrogen-bond donors (Lipinski definition) is 1. The summed E-state index contributed by atoms with van der Waals surface area (Å²) in [6, 6.07) is 14.8. The third-order valence-electron chi connectivity index (χ3n) is 4.24. The van der Waals surface area contributed by atoms with Gasteiger partial charge in [-0.3, -0.25) is 0 Å². The quantitative estimate of drug-likeness (QED) is 0.714. The van der Waals surface area contributed by atoms with E-state index < -0.39 is 0 Å². The van der Waals surface area contributed by atoms with Crippen LogP contribution in [0.15, 0.2) is 51.9 Å². The smallest absolute Gasteiger partial charge is 0.237 e. The molecule has 23 heavy (non-hydrogen) atoms. The van der Waals surface area contributed by atoms with Gasteiger partial charge in [0.2, 0.25) is 5.89 Å². The highest BCUT2D eigenvalue weighted by molar-refractivity contribution is 7.98. The Morgan fingerprint density at radius 2 is 1.91 bits per heavy atom. The van der Waals surface area contributed by atoms with Crippen molar-refractivity contribution >= 4 is 34.9 Å². The van der Waals surface area contributed by atoms with Crippen LogP contribution in [-0.4, -0.2) is 10.1 Å². The molecule has 0 unspecified atom stereocenters. The van der Waals surface area contributed by atoms with Crippen LogP contribution in [0.3, 0.4) is 0 Å². The lowest BCUT2D eigenvalue weighted by Crippen LogP contribution is -2.44. The molecule has 0 amide bonds. The van der Waals surface area contributed by atoms with Gasteiger partial charge in [-0.1, -0.05) is 35.5 Å². The Hall–Kier alpha value is -1.56. The number of rotatable bonds is 4. The zero-order valence-corrected chi connectivity index (χ0v) is 14.2. The molecule has 4 nitrogen and oxygen atoms in total. The predicted molar refractivity (Wildman–Crippen MR) is 94.8 cm³/mol. The molecule has 0 bridgehead atoms. The molecule has 0 spiro atoms. The highest BCUT2D eigenvalue weighted by Gasteiger charge is 2.38. The van der Waals surface area contributed by atoms with E-state index in [1.165, 1.54) is 15.7 Å². The molecule has 1 aromatic heterocycles. The molecule has 6 heteroatoms. The third kappa shape index (κ3) is 3.22. The van der Waals surface area contributed by atoms with Gasteiger partial charge in [-0.2, -0.15) is 4.98 Å². The highest BCUT2D eigenvalue weighted by atomic mass is 35.5. The summed E-state index contributed by atoms with van der Waals surface area (Å²) in [6.45, 7) is 0. The standard InChI is InChI=1S/C17H17N3OS.ClH/c18-17(8-3-9-17)16-19-15(21-20-16)11-22-14-7-6-12-4-1-2-5-13(12)10-14;/h1-2,4-7,10H,3,8-9,11,18H2;1H. The van der Waals surface area contributed by atoms with Crippen LogP contribution >= 0.6 is 24.2 Å². The van der Waals surface area contributed by atoms with Crippen LogP contribution in [0.2, 0.25) is 0 Å². The van der Waals surface area contributed by atoms with Gasteiger partial charge in [-0.15, -0.1) is 24.2 Å². The van der Waals surface area contributed by atoms with Crippen LogP contribution in [0.25, 0.3) is 10.8 Å². The number of halogens is 1. The molecule has 0 atom stereocenters. The molecule has 0 saturated heterocycles. The van der Waals surface area contributed by atoms with Crippen molar-refractivity contribution in [2.45, 2.75) is 35.4 Å². The maximum atomic E-state index is 6.22. The van der Waals surface area contributed by atoms with E-state index in [9.17, 15) is 0 Å². The second-order valence-corrected chi connectivity index (χ2v) is 6.87. The van der Waals surface area contributed by atoms with Gasteiger partial charge in [-0.05, 0) is 42.2 Å². The molecule has 120 valence electrons. The molecule has 1 heterocycles. The van der Waals surface area contributed by atoms with Crippen molar-refractivity contribution in [3.63, 3.8) is 0 Å². The summed E-state index contributed by atoms with van der Waals surface area (Å²) in [6.07, 6.45) is 3.04. The summed E-state index contributed by atoms with van der Waals surface area (Å²) >= 11 is 1.70. The van der Waals surface area contributed by atoms with E-state index in [-0.39, 0.29) is 17.9 Å². The van der Waals surface area contributed by atoms with Crippen LogP contribution in [0.5, 0.6) is 0 Å². The van der Waals surface area contributed by atoms with Crippen molar-refractivity contribution in [3.8, 4) is 0 Å². The van der Waals surface area contributed by atoms with E-state index in [1.54, 1.807) is 11.8 Å². The lowest BCUT2D eigenvalue weighted by atomic mass is 9.77. The number of thioether (sulfide) groups is 1. The van der Waals surface area contributed by atoms with Crippen molar-refractivity contribution < 1.29 is 4.52 Å². The first-order chi connectivity index (χ1) is 10.7. The maximum absolute atomic E-state index is 6.22. The average molecular weight is 348 g/mol. The Labute approximate surface area is 145 Å². The first kappa shape index (κ1) is 16.3. The fourth-order valence-corrected chi connectivity index (χ4v) is 3.48. The molecule has 1 fully saturated rings. The SMILES string of the molecule is Cl.NC1(c2noc(CSc3ccc4ccccc4c3)n2)CCC1. The lowest BCUT2D eigenvalue weighted by molar-refractivity contribution is 0.229. The topological polar surface area (TPSA) is 64.9 Å². The summed E-state index contributed by atoms with van der Waals surface area (Å²) < 4.78 is 5.33. The monoisotopic (exact) mass is 347 g/mol. The van der Waals surface area contributed by atoms with E-state index in [1.807, 2.05) is 0 Å². The zero-order valence-electron chi connectivity index (χ0n) is 12.6. The van der Waals surface area contributed by atoms with Gasteiger partial charge in [0.25, 0.3) is 0 Å². The highest BCUT2D eigenvalue weighted by Crippen LogP contribution is 2.37. The summed E-state index contributed by atoms with van der Waals surface area (Å²) in [7, 11) is 0. The fourth-order valence-electron chi connectivity index (χ4n) is 2.70. The minimum absolute atomic E-state index is 0. The Kier molecular flexibility index (Phi) is 4.62. The minimum atomic E-state index is -0.352. The maximum Gasteiger partial charge on any atom is 0.237 e. The van der Waals surface area contributed by atoms with Gasteiger partial charge in [-0.25, -0.2) is 0 Å². The second-order valence-electron chi connectivity index (χ2n) is 5.82. The van der Waals surface area contributed by atoms with Crippen molar-refractivity contribution in [2.75, 3.05) is 0 Å². The summed E-state index contributed by atoms with van der Waals surface area (Å²) in [5, 5.41) is 6.54. The van der Waals surface area contributed by atoms with Crippen molar-refractivity contribution in [1.82, 2.24) is 10.1 Å². The second kappa shape index (κ2) is 6.51. The average Bonchev–Trinajstić information content (AvgIpc) is 3.00. The molecule has 4 rings (SSSR count). The van der Waals surface area contributed by atoms with Gasteiger partial charge in [0, 0.05) is 4.90 Å². The van der Waals surface area contributed by atoms with Crippen molar-refractivity contribution in [1.29, 1.82) is 0 Å². The number of hydrogen-bond acceptors (Lipinski definition) is 5. The van der Waals surface area contributed by atoms with Gasteiger partial charge in [0.05, 0.1) is 11.3 Å². The Morgan fingerprint density at radius 3 is 2.65 bits per heavy atom. The fraction of sp³-hybridized carbons (Fsp3) is 0.294. The molecule has 1 aliphatic carbocycles. The zero-order chi connectivity index (χ0) is 15.0. The molecule has 1 aliphatic rings. The van der Waals surface area contributed by atoms with E-state index in [2.05, 4.69) is 52.6 Å². The van der Waals surface area contributed by atoms with Crippen LogP contribution < -0.4 is 5.73 Å². The van der Waals surface area contributed by atoms with Gasteiger partial charge < -0.3 is 10.3 Å². The number of aromatic nitrogens is 2. The van der Waals surface area contributed by atoms with Crippen molar-refractivity contribution in [2.24, 2.45) is 5.73 Å². The molecular formula is C17H18ClN3OS. The van der Waals surface area contributed by atoms with Crippen molar-refractivity contribution in [3.05, 3.63) is 54.2 Å². The van der Waals surface area contributed by atoms with Crippen LogP contribution in [0.1, 0.15) is 31.0 Å². The van der Waals surface area contributed by atoms with E-state index in [4.69, 9.17) is 10.3 Å². The van der Waals surface area contributed by atoms with Gasteiger partial charge in [0.15, 0.2) is 5.82 Å². The van der Waals surface area contributed by atoms with Gasteiger partial charge in [0.1, 0.15) is 0 Å². The van der Waals surface area contributed by atoms with Crippen LogP contribution in [0, 0.1) is 0 Å². The van der Waals surface area contributed by atoms with Crippen LogP contribution in [-0.2, 0) is 11.3 Å². The van der Waals surface area contributed by atoms with Crippen LogP contribution in [0.4, 0.5) is 0 Å². The third-order valence-corrected chi connectivity index (χ3v) is 5.22. The Morgan fingerprint density at radius 1 is 1.13 bits per heavy atom. The minimum Gasteiger partial charge on any atom is -0.338 e. The summed E-state index contributed by atoms with van der Waals surface area (Å²) in [4.78, 5) is 5.66. The molecule has 1 saturated carbocycles. The number of benzene rings is 2. The van der Waals surface area contributed by atoms with E-state index >= 15 is 0 Å². The molecule has 2 aromatic carbocycles. The Bertz CT molecular complexity index is 816. The number of nitrogens with zero attached hydrogens (tertiary/aromatic N) is 2. The predicted octanol–water partition coefficient (Wildman–Crippen LogP) is 4.27. The van der Waals surface area contributed by atoms with E-state index in [0.717, 1.165) is 19.3 Å². The molecule has 0 radical (unpaired) electrons. The number of nitrogens with two attached hydrogens (primary N) is 1. The first-order valence-electron chi connectivity index (χ1n) is 7.47. The molecular weight excluding hydrogens is 330 g/mol. The summed E-state index contributed by atoms with van der Waals surface area (Å²) in [5.41, 5.74) is 5.86. The lowest BCUT2D eigenvalue weighted by Gasteiger charge is -2.34. The first-order valence-corrected chi connectivity index (χ1v) is 8.45. The number of fused-ring (bicyclic) bond motifs is 1. The molecule has 3 aromatic rings. The van der Waals surface area contributed by atoms with E-state index in [0.29, 0.717) is 17.5 Å². The largest absolute Gasteiger partial charge is 0.338 e. The Balaban J connectivity index is 0.00000156. The molecule has 2 N–H and O–H groups in total. The molecule has 0 aliphatic heterocycles. The van der Waals surface area contributed by atoms with Gasteiger partial charge >= 0.3 is 0 Å². The summed E-state index contributed by atoms with van der Waals surface area (Å²) in [5.74, 6) is 1.97. The normalized spacial score (nSPS) is 15.9.